The molecule has 1 aliphatic carbocycles. The number of hydrogen-bond acceptors (Lipinski definition) is 1. The smallest absolute Gasteiger partial charge is 0.389 e. The summed E-state index contributed by atoms with van der Waals surface area (Å²) in [7, 11) is 0. The highest BCUT2D eigenvalue weighted by molar-refractivity contribution is 5.15. The van der Waals surface area contributed by atoms with Gasteiger partial charge in [0.1, 0.15) is 0 Å². The van der Waals surface area contributed by atoms with E-state index in [0.29, 0.717) is 0 Å². The van der Waals surface area contributed by atoms with Gasteiger partial charge in [0, 0.05) is 0 Å². The third-order valence-electron chi connectivity index (χ3n) is 3.58. The van der Waals surface area contributed by atoms with Crippen molar-refractivity contribution in [1.29, 1.82) is 0 Å². The number of rotatable bonds is 5. The first-order chi connectivity index (χ1) is 8.34. The van der Waals surface area contributed by atoms with Gasteiger partial charge in [0.15, 0.2) is 0 Å². The molecule has 0 saturated heterocycles. The molecular weight excluding hydrogens is 208 g/mol. The van der Waals surface area contributed by atoms with E-state index < -0.39 is 0 Å². The van der Waals surface area contributed by atoms with Crippen LogP contribution in [0.3, 0.4) is 0 Å². The molecule has 0 heterocycles. The maximum atomic E-state index is 9.88. The highest BCUT2D eigenvalue weighted by atomic mass is 16.3. The number of aliphatic hydroxyl groups excluding tert-OH is 1. The third kappa shape index (κ3) is 4.35. The average molecular weight is 231 g/mol. The van der Waals surface area contributed by atoms with Crippen molar-refractivity contribution in [3.63, 3.8) is 0 Å². The molecule has 1 fully saturated rings. The molecule has 17 heavy (non-hydrogen) atoms. The number of hydrogen-bond donors (Lipinski definition) is 1. The van der Waals surface area contributed by atoms with Gasteiger partial charge in [-0.05, 0) is 37.2 Å². The minimum absolute atomic E-state index is 0. The Bertz CT molecular complexity index is 341. The fourth-order valence-electron chi connectivity index (χ4n) is 2.49. The van der Waals surface area contributed by atoms with Gasteiger partial charge in [0.05, 0.1) is 6.10 Å². The zero-order valence-electron chi connectivity index (χ0n) is 11.4. The van der Waals surface area contributed by atoms with Crippen LogP contribution in [0.25, 0.3) is 0 Å². The molecule has 1 atom stereocenters. The molecule has 2 rings (SSSR count). The van der Waals surface area contributed by atoms with Crippen LogP contribution >= 0.6 is 0 Å². The van der Waals surface area contributed by atoms with E-state index in [1.807, 2.05) is 12.1 Å². The van der Waals surface area contributed by atoms with Crippen molar-refractivity contribution in [1.82, 2.24) is 0 Å². The van der Waals surface area contributed by atoms with Crippen LogP contribution in [0, 0.1) is 5.92 Å². The van der Waals surface area contributed by atoms with Gasteiger partial charge < -0.3 is 5.11 Å². The fraction of sp³-hybridized carbons (Fsp3) is 0.500. The molecular formula is C16H23O+. The number of aryl methyl sites for hydroxylation is 1. The summed E-state index contributed by atoms with van der Waals surface area (Å²) in [5, 5.41) is 9.88. The lowest BCUT2D eigenvalue weighted by Crippen LogP contribution is -2.04. The first kappa shape index (κ1) is 12.4. The average Bonchev–Trinajstić information content (AvgIpc) is 2.88. The monoisotopic (exact) mass is 231 g/mol. The van der Waals surface area contributed by atoms with Crippen molar-refractivity contribution in [2.24, 2.45) is 5.92 Å². The van der Waals surface area contributed by atoms with Crippen LogP contribution in [0.5, 0.6) is 0 Å². The minimum Gasteiger partial charge on any atom is -0.389 e. The van der Waals surface area contributed by atoms with E-state index in [-0.39, 0.29) is 7.53 Å². The van der Waals surface area contributed by atoms with Crippen LogP contribution in [0.15, 0.2) is 42.5 Å². The second-order valence-electron chi connectivity index (χ2n) is 5.02. The third-order valence-corrected chi connectivity index (χ3v) is 3.58. The van der Waals surface area contributed by atoms with Crippen LogP contribution in [0.1, 0.15) is 39.1 Å². The van der Waals surface area contributed by atoms with Crippen LogP contribution in [0.2, 0.25) is 0 Å². The minimum atomic E-state index is -0.282. The number of allylic oxidation sites excluding steroid dienone is 1. The fourth-order valence-corrected chi connectivity index (χ4v) is 2.49. The Morgan fingerprint density at radius 2 is 1.94 bits per heavy atom. The topological polar surface area (TPSA) is 20.2 Å². The van der Waals surface area contributed by atoms with E-state index in [0.717, 1.165) is 18.8 Å². The van der Waals surface area contributed by atoms with Gasteiger partial charge in [-0.3, -0.25) is 0 Å². The molecule has 1 aromatic carbocycles. The maximum absolute atomic E-state index is 9.88. The predicted octanol–water partition coefficient (Wildman–Crippen LogP) is 3.84. The largest absolute Gasteiger partial charge is 1.00 e. The lowest BCUT2D eigenvalue weighted by molar-refractivity contribution is 0.212. The van der Waals surface area contributed by atoms with E-state index in [2.05, 4.69) is 30.3 Å². The molecule has 1 N–H and O–H groups in total. The molecule has 0 radical (unpaired) electrons. The van der Waals surface area contributed by atoms with E-state index in [1.54, 1.807) is 0 Å². The van der Waals surface area contributed by atoms with Crippen LogP contribution in [0.4, 0.5) is 0 Å². The molecule has 1 aromatic rings. The summed E-state index contributed by atoms with van der Waals surface area (Å²) in [6, 6.07) is 10.4. The summed E-state index contributed by atoms with van der Waals surface area (Å²) in [5.41, 5.74) is 1.31. The normalized spacial score (nSPS) is 18.9. The van der Waals surface area contributed by atoms with Gasteiger partial charge in [-0.2, -0.15) is 0 Å². The lowest BCUT2D eigenvalue weighted by atomic mass is 10.0. The zero-order chi connectivity index (χ0) is 11.9. The maximum Gasteiger partial charge on any atom is 1.00 e. The van der Waals surface area contributed by atoms with E-state index in [4.69, 9.17) is 0 Å². The predicted molar refractivity (Wildman–Crippen MR) is 73.0 cm³/mol. The molecule has 0 aliphatic heterocycles. The highest BCUT2D eigenvalue weighted by Gasteiger charge is 2.11. The molecule has 0 aromatic heterocycles. The van der Waals surface area contributed by atoms with Gasteiger partial charge in [-0.1, -0.05) is 55.3 Å². The first-order valence-corrected chi connectivity index (χ1v) is 6.75. The van der Waals surface area contributed by atoms with E-state index in [9.17, 15) is 5.11 Å². The zero-order valence-corrected chi connectivity index (χ0v) is 10.4. The Morgan fingerprint density at radius 1 is 1.24 bits per heavy atom. The Morgan fingerprint density at radius 3 is 2.65 bits per heavy atom. The summed E-state index contributed by atoms with van der Waals surface area (Å²) < 4.78 is 0. The molecule has 92 valence electrons. The molecule has 1 heteroatoms. The molecule has 1 nitrogen and oxygen atoms in total. The Labute approximate surface area is 106 Å². The number of aliphatic hydroxyl groups is 1. The standard InChI is InChI=1S/C16H22O/c17-16(13-11-15-8-4-5-9-15)12-10-14-6-2-1-3-7-14/h1-3,6-7,11,13,15-17H,4-5,8-10,12H2/p+1. The molecule has 0 bridgehead atoms. The van der Waals surface area contributed by atoms with Gasteiger partial charge in [0.25, 0.3) is 0 Å². The second-order valence-corrected chi connectivity index (χ2v) is 5.02. The van der Waals surface area contributed by atoms with Gasteiger partial charge >= 0.3 is 1.43 Å². The Kier molecular flexibility index (Phi) is 4.81. The Hall–Kier alpha value is -1.08. The van der Waals surface area contributed by atoms with E-state index >= 15 is 0 Å². The second kappa shape index (κ2) is 6.61. The molecule has 0 spiro atoms. The van der Waals surface area contributed by atoms with Crippen molar-refractivity contribution >= 4 is 0 Å². The Balaban J connectivity index is 0.00000162. The quantitative estimate of drug-likeness (QED) is 0.763. The van der Waals surface area contributed by atoms with Crippen LogP contribution < -0.4 is 0 Å². The summed E-state index contributed by atoms with van der Waals surface area (Å²) in [6.07, 6.45) is 11.1. The molecule has 0 amide bonds. The van der Waals surface area contributed by atoms with Crippen molar-refractivity contribution in [3.05, 3.63) is 48.0 Å². The van der Waals surface area contributed by atoms with E-state index in [1.165, 1.54) is 31.2 Å². The van der Waals surface area contributed by atoms with Gasteiger partial charge in [-0.25, -0.2) is 0 Å². The first-order valence-electron chi connectivity index (χ1n) is 6.75. The lowest BCUT2D eigenvalue weighted by Gasteiger charge is -2.07. The van der Waals surface area contributed by atoms with Crippen LogP contribution in [-0.2, 0) is 6.42 Å². The summed E-state index contributed by atoms with van der Waals surface area (Å²) in [5.74, 6) is 0.723. The molecule has 1 saturated carbocycles. The number of benzene rings is 1. The van der Waals surface area contributed by atoms with Crippen molar-refractivity contribution in [2.75, 3.05) is 0 Å². The SMILES string of the molecule is OC(C=CC1CCCC1)CCc1ccccc1.[H+]. The van der Waals surface area contributed by atoms with Crippen molar-refractivity contribution in [2.45, 2.75) is 44.6 Å². The van der Waals surface area contributed by atoms with Crippen molar-refractivity contribution < 1.29 is 6.53 Å². The highest BCUT2D eigenvalue weighted by Crippen LogP contribution is 2.25. The van der Waals surface area contributed by atoms with Gasteiger partial charge in [0.2, 0.25) is 0 Å². The summed E-state index contributed by atoms with van der Waals surface area (Å²) in [4.78, 5) is 0. The van der Waals surface area contributed by atoms with Gasteiger partial charge in [-0.15, -0.1) is 0 Å². The summed E-state index contributed by atoms with van der Waals surface area (Å²) >= 11 is 0. The summed E-state index contributed by atoms with van der Waals surface area (Å²) in [6.45, 7) is 0. The van der Waals surface area contributed by atoms with Crippen molar-refractivity contribution in [3.8, 4) is 0 Å². The molecule has 1 unspecified atom stereocenters. The molecule has 1 aliphatic rings. The van der Waals surface area contributed by atoms with Crippen LogP contribution in [-0.4, -0.2) is 11.2 Å².